The molecule has 0 spiro atoms. The van der Waals surface area contributed by atoms with Gasteiger partial charge in [0.05, 0.1) is 16.9 Å². The van der Waals surface area contributed by atoms with Crippen LogP contribution in [0.25, 0.3) is 11.1 Å². The van der Waals surface area contributed by atoms with E-state index in [2.05, 4.69) is 41.5 Å². The zero-order valence-electron chi connectivity index (χ0n) is 11.8. The summed E-state index contributed by atoms with van der Waals surface area (Å²) >= 11 is 0. The van der Waals surface area contributed by atoms with Gasteiger partial charge in [0.2, 0.25) is 0 Å². The molecule has 0 saturated heterocycles. The summed E-state index contributed by atoms with van der Waals surface area (Å²) in [4.78, 5) is 13.8. The normalized spacial score (nSPS) is 10.9. The Morgan fingerprint density at radius 2 is 1.90 bits per heavy atom. The van der Waals surface area contributed by atoms with E-state index in [-0.39, 0.29) is 0 Å². The maximum atomic E-state index is 11.2. The quantitative estimate of drug-likeness (QED) is 0.643. The lowest BCUT2D eigenvalue weighted by Gasteiger charge is -2.09. The summed E-state index contributed by atoms with van der Waals surface area (Å²) in [7, 11) is 0. The molecule has 0 amide bonds. The summed E-state index contributed by atoms with van der Waals surface area (Å²) in [5.41, 5.74) is 10.9. The number of benzene rings is 2. The molecule has 0 bridgehead atoms. The molecule has 0 radical (unpaired) electrons. The fourth-order valence-electron chi connectivity index (χ4n) is 2.26. The van der Waals surface area contributed by atoms with Gasteiger partial charge in [0.25, 0.3) is 0 Å². The van der Waals surface area contributed by atoms with Crippen molar-refractivity contribution in [3.8, 4) is 0 Å². The van der Waals surface area contributed by atoms with E-state index in [1.54, 1.807) is 12.1 Å². The van der Waals surface area contributed by atoms with Crippen molar-refractivity contribution < 1.29 is 4.42 Å². The highest BCUT2D eigenvalue weighted by Crippen LogP contribution is 2.24. The summed E-state index contributed by atoms with van der Waals surface area (Å²) in [5, 5.41) is 3.28. The first kappa shape index (κ1) is 13.3. The zero-order chi connectivity index (χ0) is 14.8. The van der Waals surface area contributed by atoms with Gasteiger partial charge < -0.3 is 15.5 Å². The molecule has 4 N–H and O–H groups in total. The van der Waals surface area contributed by atoms with Crippen LogP contribution in [0.1, 0.15) is 18.1 Å². The Kier molecular flexibility index (Phi) is 3.39. The van der Waals surface area contributed by atoms with Crippen LogP contribution in [0.3, 0.4) is 0 Å². The molecule has 5 nitrogen and oxygen atoms in total. The highest BCUT2D eigenvalue weighted by atomic mass is 16.4. The average molecular weight is 283 g/mol. The van der Waals surface area contributed by atoms with E-state index in [0.717, 1.165) is 12.1 Å². The Hall–Kier alpha value is -2.69. The topological polar surface area (TPSA) is 84.0 Å². The number of nitrogen functional groups attached to an aromatic ring is 1. The van der Waals surface area contributed by atoms with Crippen LogP contribution in [0, 0.1) is 0 Å². The van der Waals surface area contributed by atoms with Gasteiger partial charge in [0.15, 0.2) is 5.58 Å². The van der Waals surface area contributed by atoms with Crippen molar-refractivity contribution in [2.24, 2.45) is 0 Å². The maximum Gasteiger partial charge on any atom is 0.417 e. The Balaban J connectivity index is 1.80. The van der Waals surface area contributed by atoms with Gasteiger partial charge in [-0.3, -0.25) is 4.98 Å². The van der Waals surface area contributed by atoms with Crippen LogP contribution in [0.5, 0.6) is 0 Å². The molecule has 3 rings (SSSR count). The van der Waals surface area contributed by atoms with E-state index < -0.39 is 5.76 Å². The molecule has 0 fully saturated rings. The van der Waals surface area contributed by atoms with Crippen LogP contribution in [0.4, 0.5) is 11.4 Å². The van der Waals surface area contributed by atoms with Crippen LogP contribution in [-0.2, 0) is 13.0 Å². The molecule has 108 valence electrons. The van der Waals surface area contributed by atoms with Gasteiger partial charge in [-0.25, -0.2) is 4.79 Å². The van der Waals surface area contributed by atoms with Crippen molar-refractivity contribution >= 4 is 22.5 Å². The van der Waals surface area contributed by atoms with Crippen LogP contribution in [-0.4, -0.2) is 4.98 Å². The van der Waals surface area contributed by atoms with Crippen molar-refractivity contribution in [2.75, 3.05) is 11.1 Å². The van der Waals surface area contributed by atoms with Gasteiger partial charge in [0, 0.05) is 12.6 Å². The number of aryl methyl sites for hydroxylation is 1. The zero-order valence-corrected chi connectivity index (χ0v) is 11.8. The molecule has 3 aromatic rings. The number of hydrogen-bond acceptors (Lipinski definition) is 4. The molecule has 0 aliphatic heterocycles. The number of aromatic nitrogens is 1. The van der Waals surface area contributed by atoms with E-state index >= 15 is 0 Å². The second-order valence-electron chi connectivity index (χ2n) is 4.97. The summed E-state index contributed by atoms with van der Waals surface area (Å²) < 4.78 is 4.97. The third kappa shape index (κ3) is 2.76. The third-order valence-electron chi connectivity index (χ3n) is 3.51. The van der Waals surface area contributed by atoms with Gasteiger partial charge in [-0.1, -0.05) is 31.2 Å². The maximum absolute atomic E-state index is 11.2. The van der Waals surface area contributed by atoms with Gasteiger partial charge in [-0.15, -0.1) is 0 Å². The monoisotopic (exact) mass is 283 g/mol. The van der Waals surface area contributed by atoms with Crippen LogP contribution in [0.15, 0.2) is 45.6 Å². The number of aromatic amines is 1. The SMILES string of the molecule is CCc1ccc(CNc2cc3[nH]c(=O)oc3cc2N)cc1. The molecule has 5 heteroatoms. The number of hydrogen-bond donors (Lipinski definition) is 3. The predicted molar refractivity (Wildman–Crippen MR) is 84.4 cm³/mol. The van der Waals surface area contributed by atoms with E-state index in [0.29, 0.717) is 23.3 Å². The molecule has 0 atom stereocenters. The van der Waals surface area contributed by atoms with Crippen LogP contribution < -0.4 is 16.8 Å². The second kappa shape index (κ2) is 5.36. The minimum Gasteiger partial charge on any atom is -0.408 e. The molecule has 0 aliphatic carbocycles. The lowest BCUT2D eigenvalue weighted by atomic mass is 10.1. The van der Waals surface area contributed by atoms with E-state index in [4.69, 9.17) is 10.2 Å². The van der Waals surface area contributed by atoms with E-state index in [1.165, 1.54) is 11.1 Å². The Labute approximate surface area is 121 Å². The van der Waals surface area contributed by atoms with Gasteiger partial charge >= 0.3 is 5.76 Å². The first-order valence-electron chi connectivity index (χ1n) is 6.89. The number of H-pyrrole nitrogens is 1. The van der Waals surface area contributed by atoms with Gasteiger partial charge in [-0.2, -0.15) is 0 Å². The van der Waals surface area contributed by atoms with Crippen molar-refractivity contribution in [1.82, 2.24) is 4.98 Å². The van der Waals surface area contributed by atoms with Crippen molar-refractivity contribution in [2.45, 2.75) is 19.9 Å². The molecule has 1 heterocycles. The number of fused-ring (bicyclic) bond motifs is 1. The standard InChI is InChI=1S/C16H17N3O2/c1-2-10-3-5-11(6-4-10)9-18-13-8-14-15(7-12(13)17)21-16(20)19-14/h3-8,18H,2,9,17H2,1H3,(H,19,20). The second-order valence-corrected chi connectivity index (χ2v) is 4.97. The molecule has 0 aliphatic rings. The van der Waals surface area contributed by atoms with Crippen LogP contribution in [0.2, 0.25) is 0 Å². The predicted octanol–water partition coefficient (Wildman–Crippen LogP) is 2.88. The molecule has 2 aromatic carbocycles. The molecule has 0 unspecified atom stereocenters. The Morgan fingerprint density at radius 1 is 1.19 bits per heavy atom. The fraction of sp³-hybridized carbons (Fsp3) is 0.188. The molecule has 0 saturated carbocycles. The minimum atomic E-state index is -0.475. The first-order valence-corrected chi connectivity index (χ1v) is 6.89. The molecule has 1 aromatic heterocycles. The largest absolute Gasteiger partial charge is 0.417 e. The number of nitrogens with one attached hydrogen (secondary N) is 2. The number of anilines is 2. The summed E-state index contributed by atoms with van der Waals surface area (Å²) in [6.07, 6.45) is 1.03. The number of oxazole rings is 1. The van der Waals surface area contributed by atoms with Crippen molar-refractivity contribution in [1.29, 1.82) is 0 Å². The van der Waals surface area contributed by atoms with Gasteiger partial charge in [0.1, 0.15) is 0 Å². The molecular formula is C16H17N3O2. The number of nitrogens with two attached hydrogens (primary N) is 1. The first-order chi connectivity index (χ1) is 10.2. The van der Waals surface area contributed by atoms with E-state index in [9.17, 15) is 4.79 Å². The lowest BCUT2D eigenvalue weighted by molar-refractivity contribution is 0.555. The van der Waals surface area contributed by atoms with Crippen LogP contribution >= 0.6 is 0 Å². The van der Waals surface area contributed by atoms with Crippen molar-refractivity contribution in [3.05, 3.63) is 58.1 Å². The minimum absolute atomic E-state index is 0.468. The molecule has 21 heavy (non-hydrogen) atoms. The third-order valence-corrected chi connectivity index (χ3v) is 3.51. The average Bonchev–Trinajstić information content (AvgIpc) is 2.84. The summed E-state index contributed by atoms with van der Waals surface area (Å²) in [6.45, 7) is 2.80. The fourth-order valence-corrected chi connectivity index (χ4v) is 2.26. The number of rotatable bonds is 4. The molecular weight excluding hydrogens is 266 g/mol. The highest BCUT2D eigenvalue weighted by molar-refractivity contribution is 5.85. The highest BCUT2D eigenvalue weighted by Gasteiger charge is 2.06. The van der Waals surface area contributed by atoms with Crippen molar-refractivity contribution in [3.63, 3.8) is 0 Å². The van der Waals surface area contributed by atoms with E-state index in [1.807, 2.05) is 0 Å². The Bertz CT molecular complexity index is 816. The summed E-state index contributed by atoms with van der Waals surface area (Å²) in [6, 6.07) is 11.9. The van der Waals surface area contributed by atoms with Gasteiger partial charge in [-0.05, 0) is 23.6 Å². The Morgan fingerprint density at radius 3 is 2.62 bits per heavy atom. The smallest absolute Gasteiger partial charge is 0.408 e. The summed E-state index contributed by atoms with van der Waals surface area (Å²) in [5.74, 6) is -0.475. The lowest BCUT2D eigenvalue weighted by Crippen LogP contribution is -2.02.